The zero-order valence-corrected chi connectivity index (χ0v) is 7.97. The molecular weight excluding hydrogens is 152 g/mol. The van der Waals surface area contributed by atoms with Gasteiger partial charge in [-0.3, -0.25) is 4.79 Å². The zero-order valence-electron chi connectivity index (χ0n) is 7.97. The maximum absolute atomic E-state index is 10.9. The van der Waals surface area contributed by atoms with Gasteiger partial charge in [0.05, 0.1) is 5.41 Å². The van der Waals surface area contributed by atoms with Crippen LogP contribution in [0.25, 0.3) is 0 Å². The van der Waals surface area contributed by atoms with Crippen LogP contribution >= 0.6 is 0 Å². The van der Waals surface area contributed by atoms with Gasteiger partial charge < -0.3 is 5.11 Å². The van der Waals surface area contributed by atoms with Crippen LogP contribution in [0.1, 0.15) is 46.0 Å². The van der Waals surface area contributed by atoms with Crippen LogP contribution in [0.2, 0.25) is 0 Å². The van der Waals surface area contributed by atoms with Gasteiger partial charge in [-0.2, -0.15) is 0 Å². The van der Waals surface area contributed by atoms with E-state index in [1.807, 2.05) is 13.8 Å². The van der Waals surface area contributed by atoms with Crippen LogP contribution in [0.3, 0.4) is 0 Å². The largest absolute Gasteiger partial charge is 0.481 e. The van der Waals surface area contributed by atoms with Gasteiger partial charge in [0.25, 0.3) is 0 Å². The molecule has 1 fully saturated rings. The first kappa shape index (κ1) is 9.56. The van der Waals surface area contributed by atoms with Crippen LogP contribution in [-0.2, 0) is 4.79 Å². The van der Waals surface area contributed by atoms with Crippen molar-refractivity contribution in [1.29, 1.82) is 0 Å². The molecule has 0 saturated heterocycles. The van der Waals surface area contributed by atoms with Gasteiger partial charge in [0.1, 0.15) is 0 Å². The highest BCUT2D eigenvalue weighted by Gasteiger charge is 2.33. The minimum absolute atomic E-state index is 0.470. The number of hydrogen-bond donors (Lipinski definition) is 1. The number of carboxylic acids is 1. The molecule has 70 valence electrons. The predicted octanol–water partition coefficient (Wildman–Crippen LogP) is 2.68. The summed E-state index contributed by atoms with van der Waals surface area (Å²) >= 11 is 0. The van der Waals surface area contributed by atoms with E-state index in [1.165, 1.54) is 12.8 Å². The van der Waals surface area contributed by atoms with Crippen molar-refractivity contribution < 1.29 is 9.90 Å². The first-order valence-electron chi connectivity index (χ1n) is 4.82. The predicted molar refractivity (Wildman–Crippen MR) is 48.0 cm³/mol. The molecule has 0 radical (unpaired) electrons. The third-order valence-corrected chi connectivity index (χ3v) is 3.10. The van der Waals surface area contributed by atoms with Crippen LogP contribution in [0, 0.1) is 11.3 Å². The highest BCUT2D eigenvalue weighted by atomic mass is 16.4. The standard InChI is InChI=1S/C10H18O2/c1-3-10(2,9(11)12)7-6-8-4-5-8/h8H,3-7H2,1-2H3,(H,11,12). The molecule has 1 N–H and O–H groups in total. The van der Waals surface area contributed by atoms with Crippen molar-refractivity contribution in [3.05, 3.63) is 0 Å². The van der Waals surface area contributed by atoms with E-state index >= 15 is 0 Å². The van der Waals surface area contributed by atoms with Crippen LogP contribution in [0.15, 0.2) is 0 Å². The Kier molecular flexibility index (Phi) is 2.76. The van der Waals surface area contributed by atoms with Crippen molar-refractivity contribution >= 4 is 5.97 Å². The molecule has 0 bridgehead atoms. The van der Waals surface area contributed by atoms with Crippen molar-refractivity contribution in [2.75, 3.05) is 0 Å². The molecular formula is C10H18O2. The van der Waals surface area contributed by atoms with Crippen LogP contribution < -0.4 is 0 Å². The Morgan fingerprint density at radius 3 is 2.50 bits per heavy atom. The molecule has 2 nitrogen and oxygen atoms in total. The van der Waals surface area contributed by atoms with Crippen molar-refractivity contribution in [2.45, 2.75) is 46.0 Å². The number of rotatable bonds is 5. The summed E-state index contributed by atoms with van der Waals surface area (Å²) in [5.41, 5.74) is -0.470. The van der Waals surface area contributed by atoms with Gasteiger partial charge in [-0.15, -0.1) is 0 Å². The Hall–Kier alpha value is -0.530. The lowest BCUT2D eigenvalue weighted by atomic mass is 9.82. The molecule has 0 aliphatic heterocycles. The molecule has 1 saturated carbocycles. The molecule has 0 heterocycles. The van der Waals surface area contributed by atoms with Crippen LogP contribution in [-0.4, -0.2) is 11.1 Å². The minimum atomic E-state index is -0.634. The Morgan fingerprint density at radius 1 is 1.58 bits per heavy atom. The van der Waals surface area contributed by atoms with E-state index in [0.717, 1.165) is 25.2 Å². The van der Waals surface area contributed by atoms with E-state index in [-0.39, 0.29) is 0 Å². The third-order valence-electron chi connectivity index (χ3n) is 3.10. The molecule has 1 atom stereocenters. The average molecular weight is 170 g/mol. The number of hydrogen-bond acceptors (Lipinski definition) is 1. The highest BCUT2D eigenvalue weighted by molar-refractivity contribution is 5.73. The number of aliphatic carboxylic acids is 1. The summed E-state index contributed by atoms with van der Waals surface area (Å²) in [4.78, 5) is 10.9. The Labute approximate surface area is 74.0 Å². The van der Waals surface area contributed by atoms with Crippen molar-refractivity contribution in [3.63, 3.8) is 0 Å². The minimum Gasteiger partial charge on any atom is -0.481 e. The van der Waals surface area contributed by atoms with Gasteiger partial charge in [-0.25, -0.2) is 0 Å². The van der Waals surface area contributed by atoms with Gasteiger partial charge >= 0.3 is 5.97 Å². The topological polar surface area (TPSA) is 37.3 Å². The van der Waals surface area contributed by atoms with E-state index in [2.05, 4.69) is 0 Å². The number of carbonyl (C=O) groups is 1. The molecule has 2 heteroatoms. The maximum atomic E-state index is 10.9. The normalized spacial score (nSPS) is 21.8. The van der Waals surface area contributed by atoms with Gasteiger partial charge in [0.2, 0.25) is 0 Å². The van der Waals surface area contributed by atoms with E-state index < -0.39 is 11.4 Å². The van der Waals surface area contributed by atoms with Crippen LogP contribution in [0.4, 0.5) is 0 Å². The SMILES string of the molecule is CCC(C)(CCC1CC1)C(=O)O. The lowest BCUT2D eigenvalue weighted by Crippen LogP contribution is -2.26. The quantitative estimate of drug-likeness (QED) is 0.688. The summed E-state index contributed by atoms with van der Waals surface area (Å²) in [6, 6.07) is 0. The Balaban J connectivity index is 2.36. The van der Waals surface area contributed by atoms with Gasteiger partial charge in [-0.1, -0.05) is 19.8 Å². The van der Waals surface area contributed by atoms with Crippen LogP contribution in [0.5, 0.6) is 0 Å². The smallest absolute Gasteiger partial charge is 0.309 e. The molecule has 0 aromatic rings. The van der Waals surface area contributed by atoms with Gasteiger partial charge in [0, 0.05) is 0 Å². The van der Waals surface area contributed by atoms with E-state index in [9.17, 15) is 4.79 Å². The number of carboxylic acid groups (broad SMARTS) is 1. The summed E-state index contributed by atoms with van der Waals surface area (Å²) in [6.07, 6.45) is 5.34. The molecule has 0 amide bonds. The summed E-state index contributed by atoms with van der Waals surface area (Å²) in [7, 11) is 0. The Morgan fingerprint density at radius 2 is 2.17 bits per heavy atom. The lowest BCUT2D eigenvalue weighted by molar-refractivity contribution is -0.148. The monoisotopic (exact) mass is 170 g/mol. The first-order chi connectivity index (χ1) is 5.58. The second-order valence-electron chi connectivity index (χ2n) is 4.20. The molecule has 1 aliphatic rings. The van der Waals surface area contributed by atoms with Gasteiger partial charge in [0.15, 0.2) is 0 Å². The van der Waals surface area contributed by atoms with E-state index in [4.69, 9.17) is 5.11 Å². The fourth-order valence-corrected chi connectivity index (χ4v) is 1.36. The molecule has 1 rings (SSSR count). The molecule has 1 unspecified atom stereocenters. The zero-order chi connectivity index (χ0) is 9.19. The lowest BCUT2D eigenvalue weighted by Gasteiger charge is -2.22. The Bertz CT molecular complexity index is 173. The highest BCUT2D eigenvalue weighted by Crippen LogP contribution is 2.38. The summed E-state index contributed by atoms with van der Waals surface area (Å²) in [5, 5.41) is 8.97. The van der Waals surface area contributed by atoms with Crippen molar-refractivity contribution in [2.24, 2.45) is 11.3 Å². The molecule has 0 aromatic carbocycles. The fourth-order valence-electron chi connectivity index (χ4n) is 1.36. The van der Waals surface area contributed by atoms with Crippen molar-refractivity contribution in [1.82, 2.24) is 0 Å². The molecule has 1 aliphatic carbocycles. The summed E-state index contributed by atoms with van der Waals surface area (Å²) in [5.74, 6) is 0.209. The fraction of sp³-hybridized carbons (Fsp3) is 0.900. The third kappa shape index (κ3) is 2.23. The second-order valence-corrected chi connectivity index (χ2v) is 4.20. The van der Waals surface area contributed by atoms with Crippen molar-refractivity contribution in [3.8, 4) is 0 Å². The summed E-state index contributed by atoms with van der Waals surface area (Å²) in [6.45, 7) is 3.82. The molecule has 0 aromatic heterocycles. The first-order valence-corrected chi connectivity index (χ1v) is 4.82. The maximum Gasteiger partial charge on any atom is 0.309 e. The molecule has 12 heavy (non-hydrogen) atoms. The summed E-state index contributed by atoms with van der Waals surface area (Å²) < 4.78 is 0. The molecule has 0 spiro atoms. The van der Waals surface area contributed by atoms with E-state index in [1.54, 1.807) is 0 Å². The van der Waals surface area contributed by atoms with E-state index in [0.29, 0.717) is 0 Å². The second kappa shape index (κ2) is 3.46. The average Bonchev–Trinajstić information content (AvgIpc) is 2.83. The van der Waals surface area contributed by atoms with Gasteiger partial charge in [-0.05, 0) is 32.1 Å².